The minimum atomic E-state index is -0.552. The summed E-state index contributed by atoms with van der Waals surface area (Å²) in [6, 6.07) is 15.9. The summed E-state index contributed by atoms with van der Waals surface area (Å²) >= 11 is 0. The fourth-order valence-electron chi connectivity index (χ4n) is 4.99. The Kier molecular flexibility index (Phi) is 4.23. The van der Waals surface area contributed by atoms with Gasteiger partial charge in [0.2, 0.25) is 0 Å². The van der Waals surface area contributed by atoms with Gasteiger partial charge in [-0.1, -0.05) is 42.8 Å². The van der Waals surface area contributed by atoms with Gasteiger partial charge in [0.05, 0.1) is 25.0 Å². The number of Topliss-reactive ketones (excluding diaryl/α,β-unsaturated/α-hetero) is 1. The first-order valence-electron chi connectivity index (χ1n) is 9.20. The molecule has 2 aromatic carbocycles. The molecule has 2 aromatic rings. The zero-order valence-corrected chi connectivity index (χ0v) is 15.4. The molecule has 136 valence electrons. The third kappa shape index (κ3) is 2.28. The standard InChI is InChI=1S/C22H25NO3/c1-25-18-10-5-3-8-16(18)21-12-7-13-22(20(21)24,15-23-14-21)17-9-4-6-11-19(17)26-2/h3-6,8-11,23H,7,12-15H2,1-2H3. The van der Waals surface area contributed by atoms with Crippen molar-refractivity contribution in [1.82, 2.24) is 5.32 Å². The second-order valence-electron chi connectivity index (χ2n) is 7.35. The number of carbonyl (C=O) groups excluding carboxylic acids is 1. The molecule has 4 heteroatoms. The van der Waals surface area contributed by atoms with Crippen LogP contribution < -0.4 is 14.8 Å². The summed E-state index contributed by atoms with van der Waals surface area (Å²) in [5.74, 6) is 1.88. The SMILES string of the molecule is COc1ccccc1C12CCCC(c3ccccc3OC)(CNC1)C2=O. The normalized spacial score (nSPS) is 27.8. The van der Waals surface area contributed by atoms with Crippen molar-refractivity contribution in [2.75, 3.05) is 27.3 Å². The summed E-state index contributed by atoms with van der Waals surface area (Å²) in [7, 11) is 3.35. The van der Waals surface area contributed by atoms with Crippen LogP contribution in [0.5, 0.6) is 11.5 Å². The maximum atomic E-state index is 14.0. The highest BCUT2D eigenvalue weighted by atomic mass is 16.5. The Morgan fingerprint density at radius 2 is 1.27 bits per heavy atom. The Morgan fingerprint density at radius 3 is 1.73 bits per heavy atom. The van der Waals surface area contributed by atoms with Crippen molar-refractivity contribution < 1.29 is 14.3 Å². The van der Waals surface area contributed by atoms with E-state index in [9.17, 15) is 4.79 Å². The minimum absolute atomic E-state index is 0.295. The first-order chi connectivity index (χ1) is 12.7. The summed E-state index contributed by atoms with van der Waals surface area (Å²) in [5.41, 5.74) is 0.894. The Balaban J connectivity index is 1.89. The predicted octanol–water partition coefficient (Wildman–Crippen LogP) is 3.24. The maximum Gasteiger partial charge on any atom is 0.156 e. The van der Waals surface area contributed by atoms with Gasteiger partial charge in [-0.3, -0.25) is 4.79 Å². The highest BCUT2D eigenvalue weighted by Crippen LogP contribution is 2.51. The zero-order valence-electron chi connectivity index (χ0n) is 15.4. The number of carbonyl (C=O) groups is 1. The van der Waals surface area contributed by atoms with E-state index in [-0.39, 0.29) is 0 Å². The number of benzene rings is 2. The van der Waals surface area contributed by atoms with Crippen LogP contribution in [0.1, 0.15) is 30.4 Å². The molecule has 4 nitrogen and oxygen atoms in total. The summed E-state index contributed by atoms with van der Waals surface area (Å²) < 4.78 is 11.2. The molecule has 1 aliphatic carbocycles. The third-order valence-electron chi connectivity index (χ3n) is 6.18. The highest BCUT2D eigenvalue weighted by molar-refractivity contribution is 6.02. The largest absolute Gasteiger partial charge is 0.496 e. The number of piperidine rings is 1. The molecule has 0 amide bonds. The molecule has 2 unspecified atom stereocenters. The molecule has 2 bridgehead atoms. The first-order valence-corrected chi connectivity index (χ1v) is 9.20. The molecule has 0 aromatic heterocycles. The van der Waals surface area contributed by atoms with Crippen molar-refractivity contribution in [2.24, 2.45) is 0 Å². The number of fused-ring (bicyclic) bond motifs is 2. The molecule has 1 N–H and O–H groups in total. The van der Waals surface area contributed by atoms with E-state index in [0.29, 0.717) is 18.9 Å². The molecular formula is C22H25NO3. The van der Waals surface area contributed by atoms with Crippen LogP contribution in [-0.2, 0) is 15.6 Å². The van der Waals surface area contributed by atoms with Crippen LogP contribution >= 0.6 is 0 Å². The van der Waals surface area contributed by atoms with Gasteiger partial charge in [-0.15, -0.1) is 0 Å². The summed E-state index contributed by atoms with van der Waals surface area (Å²) in [5, 5.41) is 3.57. The molecular weight excluding hydrogens is 326 g/mol. The van der Waals surface area contributed by atoms with E-state index in [1.807, 2.05) is 48.5 Å². The van der Waals surface area contributed by atoms with Gasteiger partial charge in [-0.05, 0) is 25.0 Å². The van der Waals surface area contributed by atoms with Crippen molar-refractivity contribution in [1.29, 1.82) is 0 Å². The molecule has 1 saturated heterocycles. The van der Waals surface area contributed by atoms with Crippen LogP contribution in [0.3, 0.4) is 0 Å². The monoisotopic (exact) mass is 351 g/mol. The lowest BCUT2D eigenvalue weighted by Crippen LogP contribution is -2.65. The molecule has 4 rings (SSSR count). The fourth-order valence-corrected chi connectivity index (χ4v) is 4.99. The van der Waals surface area contributed by atoms with Gasteiger partial charge in [-0.25, -0.2) is 0 Å². The molecule has 1 aliphatic heterocycles. The van der Waals surface area contributed by atoms with Gasteiger partial charge in [-0.2, -0.15) is 0 Å². The van der Waals surface area contributed by atoms with E-state index in [1.165, 1.54) is 0 Å². The Bertz CT molecular complexity index is 754. The Hall–Kier alpha value is -2.33. The lowest BCUT2D eigenvalue weighted by Gasteiger charge is -2.51. The predicted molar refractivity (Wildman–Crippen MR) is 101 cm³/mol. The van der Waals surface area contributed by atoms with Gasteiger partial charge in [0.25, 0.3) is 0 Å². The van der Waals surface area contributed by atoms with E-state index in [1.54, 1.807) is 14.2 Å². The molecule has 1 saturated carbocycles. The van der Waals surface area contributed by atoms with Gasteiger partial charge < -0.3 is 14.8 Å². The number of rotatable bonds is 4. The van der Waals surface area contributed by atoms with E-state index in [2.05, 4.69) is 5.32 Å². The summed E-state index contributed by atoms with van der Waals surface area (Å²) in [4.78, 5) is 14.0. The molecule has 2 aliphatic rings. The van der Waals surface area contributed by atoms with Crippen molar-refractivity contribution in [3.63, 3.8) is 0 Å². The Morgan fingerprint density at radius 1 is 0.808 bits per heavy atom. The lowest BCUT2D eigenvalue weighted by molar-refractivity contribution is -0.135. The smallest absolute Gasteiger partial charge is 0.156 e. The summed E-state index contributed by atoms with van der Waals surface area (Å²) in [6.07, 6.45) is 2.69. The first kappa shape index (κ1) is 17.1. The molecule has 1 heterocycles. The Labute approximate surface area is 154 Å². The third-order valence-corrected chi connectivity index (χ3v) is 6.18. The van der Waals surface area contributed by atoms with Crippen LogP contribution in [0, 0.1) is 0 Å². The minimum Gasteiger partial charge on any atom is -0.496 e. The van der Waals surface area contributed by atoms with Gasteiger partial charge >= 0.3 is 0 Å². The molecule has 0 radical (unpaired) electrons. The number of para-hydroxylation sites is 2. The average molecular weight is 351 g/mol. The van der Waals surface area contributed by atoms with Crippen LogP contribution in [0.2, 0.25) is 0 Å². The van der Waals surface area contributed by atoms with Crippen LogP contribution in [0.25, 0.3) is 0 Å². The number of methoxy groups -OCH3 is 2. The molecule has 2 atom stereocenters. The number of hydrogen-bond donors (Lipinski definition) is 1. The van der Waals surface area contributed by atoms with Gasteiger partial charge in [0.15, 0.2) is 5.78 Å². The van der Waals surface area contributed by atoms with E-state index in [0.717, 1.165) is 41.9 Å². The van der Waals surface area contributed by atoms with Crippen molar-refractivity contribution >= 4 is 5.78 Å². The molecule has 2 fully saturated rings. The lowest BCUT2D eigenvalue weighted by atomic mass is 9.54. The van der Waals surface area contributed by atoms with Crippen molar-refractivity contribution in [3.05, 3.63) is 59.7 Å². The maximum absolute atomic E-state index is 14.0. The number of hydrogen-bond acceptors (Lipinski definition) is 4. The number of ketones is 1. The zero-order chi connectivity index (χ0) is 18.2. The van der Waals surface area contributed by atoms with Crippen LogP contribution in [-0.4, -0.2) is 33.1 Å². The second-order valence-corrected chi connectivity index (χ2v) is 7.35. The van der Waals surface area contributed by atoms with E-state index < -0.39 is 10.8 Å². The summed E-state index contributed by atoms with van der Waals surface area (Å²) in [6.45, 7) is 1.31. The van der Waals surface area contributed by atoms with E-state index in [4.69, 9.17) is 9.47 Å². The van der Waals surface area contributed by atoms with Crippen LogP contribution in [0.4, 0.5) is 0 Å². The van der Waals surface area contributed by atoms with Crippen molar-refractivity contribution in [3.8, 4) is 11.5 Å². The highest BCUT2D eigenvalue weighted by Gasteiger charge is 2.58. The number of nitrogens with one attached hydrogen (secondary N) is 1. The van der Waals surface area contributed by atoms with Gasteiger partial charge in [0, 0.05) is 24.2 Å². The number of ether oxygens (including phenoxy) is 2. The molecule has 26 heavy (non-hydrogen) atoms. The topological polar surface area (TPSA) is 47.6 Å². The quantitative estimate of drug-likeness (QED) is 0.919. The van der Waals surface area contributed by atoms with E-state index >= 15 is 0 Å². The molecule has 0 spiro atoms. The fraction of sp³-hybridized carbons (Fsp3) is 0.409. The average Bonchev–Trinajstić information content (AvgIpc) is 2.68. The van der Waals surface area contributed by atoms with Crippen molar-refractivity contribution in [2.45, 2.75) is 30.1 Å². The van der Waals surface area contributed by atoms with Crippen LogP contribution in [0.15, 0.2) is 48.5 Å². The van der Waals surface area contributed by atoms with Gasteiger partial charge in [0.1, 0.15) is 11.5 Å². The second kappa shape index (κ2) is 6.44.